The SMILES string of the molecule is CC(=O)N1N=C(c2cc3ccccc3oc2=O)CC1c1cn(-c2ccccc2)nc1-c1ccc(C)cc1. The van der Waals surface area contributed by atoms with E-state index in [9.17, 15) is 9.59 Å². The number of amides is 1. The molecule has 0 N–H and O–H groups in total. The molecule has 5 aromatic rings. The summed E-state index contributed by atoms with van der Waals surface area (Å²) in [6, 6.07) is 26.7. The van der Waals surface area contributed by atoms with Gasteiger partial charge in [0.15, 0.2) is 0 Å². The van der Waals surface area contributed by atoms with E-state index in [2.05, 4.69) is 5.10 Å². The zero-order valence-electron chi connectivity index (χ0n) is 20.5. The lowest BCUT2D eigenvalue weighted by atomic mass is 9.96. The van der Waals surface area contributed by atoms with Crippen LogP contribution in [0.3, 0.4) is 0 Å². The van der Waals surface area contributed by atoms with E-state index in [1.807, 2.05) is 90.6 Å². The van der Waals surface area contributed by atoms with Crippen LogP contribution in [0.1, 0.15) is 36.1 Å². The van der Waals surface area contributed by atoms with Crippen molar-refractivity contribution in [2.75, 3.05) is 0 Å². The number of benzene rings is 3. The Kier molecular flexibility index (Phi) is 5.53. The van der Waals surface area contributed by atoms with Crippen molar-refractivity contribution in [3.63, 3.8) is 0 Å². The van der Waals surface area contributed by atoms with Crippen LogP contribution in [0, 0.1) is 6.92 Å². The number of nitrogens with zero attached hydrogens (tertiary/aromatic N) is 4. The van der Waals surface area contributed by atoms with Gasteiger partial charge in [0.1, 0.15) is 5.58 Å². The monoisotopic (exact) mass is 488 g/mol. The summed E-state index contributed by atoms with van der Waals surface area (Å²) in [7, 11) is 0. The Morgan fingerprint density at radius 2 is 1.70 bits per heavy atom. The molecule has 1 atom stereocenters. The van der Waals surface area contributed by atoms with E-state index in [1.54, 1.807) is 12.1 Å². The molecule has 0 saturated carbocycles. The van der Waals surface area contributed by atoms with Crippen molar-refractivity contribution in [1.82, 2.24) is 14.8 Å². The molecule has 0 saturated heterocycles. The van der Waals surface area contributed by atoms with Gasteiger partial charge in [0.2, 0.25) is 5.91 Å². The normalized spacial score (nSPS) is 15.2. The van der Waals surface area contributed by atoms with Crippen LogP contribution in [0.4, 0.5) is 0 Å². The highest BCUT2D eigenvalue weighted by molar-refractivity contribution is 6.04. The molecule has 1 aliphatic rings. The molecule has 0 spiro atoms. The second kappa shape index (κ2) is 9.02. The third-order valence-electron chi connectivity index (χ3n) is 6.63. The highest BCUT2D eigenvalue weighted by atomic mass is 16.4. The number of carbonyl (C=O) groups is 1. The second-order valence-corrected chi connectivity index (χ2v) is 9.19. The third kappa shape index (κ3) is 4.14. The van der Waals surface area contributed by atoms with Gasteiger partial charge < -0.3 is 4.42 Å². The minimum Gasteiger partial charge on any atom is -0.422 e. The Bertz CT molecular complexity index is 1720. The summed E-state index contributed by atoms with van der Waals surface area (Å²) in [6.07, 6.45) is 2.31. The molecule has 3 aromatic carbocycles. The number of hydrogen-bond donors (Lipinski definition) is 0. The fourth-order valence-corrected chi connectivity index (χ4v) is 4.75. The van der Waals surface area contributed by atoms with Crippen molar-refractivity contribution in [3.05, 3.63) is 118 Å². The highest BCUT2D eigenvalue weighted by Gasteiger charge is 2.35. The van der Waals surface area contributed by atoms with E-state index < -0.39 is 11.7 Å². The van der Waals surface area contributed by atoms with E-state index in [0.717, 1.165) is 33.5 Å². The van der Waals surface area contributed by atoms with Crippen molar-refractivity contribution in [2.24, 2.45) is 5.10 Å². The molecule has 0 aliphatic carbocycles. The molecule has 0 bridgehead atoms. The molecule has 37 heavy (non-hydrogen) atoms. The molecule has 6 rings (SSSR count). The summed E-state index contributed by atoms with van der Waals surface area (Å²) in [6.45, 7) is 3.52. The maximum Gasteiger partial charge on any atom is 0.345 e. The fourth-order valence-electron chi connectivity index (χ4n) is 4.75. The predicted octanol–water partition coefficient (Wildman–Crippen LogP) is 5.65. The third-order valence-corrected chi connectivity index (χ3v) is 6.63. The highest BCUT2D eigenvalue weighted by Crippen LogP contribution is 2.38. The van der Waals surface area contributed by atoms with Crippen LogP contribution in [0.2, 0.25) is 0 Å². The van der Waals surface area contributed by atoms with Crippen LogP contribution in [-0.2, 0) is 4.79 Å². The van der Waals surface area contributed by atoms with Gasteiger partial charge >= 0.3 is 5.63 Å². The minimum absolute atomic E-state index is 0.215. The zero-order valence-corrected chi connectivity index (χ0v) is 20.5. The van der Waals surface area contributed by atoms with Gasteiger partial charge in [0, 0.05) is 36.1 Å². The van der Waals surface area contributed by atoms with Crippen LogP contribution in [-0.4, -0.2) is 26.4 Å². The predicted molar refractivity (Wildman–Crippen MR) is 143 cm³/mol. The summed E-state index contributed by atoms with van der Waals surface area (Å²) in [5.41, 5.74) is 5.53. The maximum absolute atomic E-state index is 12.9. The quantitative estimate of drug-likeness (QED) is 0.306. The molecule has 0 radical (unpaired) electrons. The zero-order chi connectivity index (χ0) is 25.5. The smallest absolute Gasteiger partial charge is 0.345 e. The summed E-state index contributed by atoms with van der Waals surface area (Å²) in [5.74, 6) is -0.215. The number of hydrazone groups is 1. The first-order valence-corrected chi connectivity index (χ1v) is 12.1. The molecule has 2 aromatic heterocycles. The van der Waals surface area contributed by atoms with Crippen molar-refractivity contribution in [3.8, 4) is 16.9 Å². The molecule has 1 unspecified atom stereocenters. The Morgan fingerprint density at radius 1 is 0.973 bits per heavy atom. The van der Waals surface area contributed by atoms with E-state index >= 15 is 0 Å². The standard InChI is InChI=1S/C30H24N4O3/c1-19-12-14-21(15-13-19)29-25(18-33(32-29)23-9-4-3-5-10-23)27-17-26(31-34(27)20(2)35)24-16-22-8-6-7-11-28(22)37-30(24)36/h3-16,18,27H,17H2,1-2H3. The first-order chi connectivity index (χ1) is 18.0. The van der Waals surface area contributed by atoms with Crippen LogP contribution in [0.5, 0.6) is 0 Å². The summed E-state index contributed by atoms with van der Waals surface area (Å²) in [4.78, 5) is 25.6. The first-order valence-electron chi connectivity index (χ1n) is 12.1. The average Bonchev–Trinajstić information content (AvgIpc) is 3.54. The van der Waals surface area contributed by atoms with Crippen LogP contribution in [0.15, 0.2) is 105 Å². The van der Waals surface area contributed by atoms with E-state index in [1.165, 1.54) is 11.9 Å². The largest absolute Gasteiger partial charge is 0.422 e. The minimum atomic E-state index is -0.472. The number of para-hydroxylation sites is 2. The molecule has 1 amide bonds. The van der Waals surface area contributed by atoms with Gasteiger partial charge in [-0.2, -0.15) is 10.2 Å². The van der Waals surface area contributed by atoms with Crippen molar-refractivity contribution in [2.45, 2.75) is 26.3 Å². The number of aryl methyl sites for hydroxylation is 1. The first kappa shape index (κ1) is 22.7. The van der Waals surface area contributed by atoms with Gasteiger partial charge in [-0.15, -0.1) is 0 Å². The molecule has 182 valence electrons. The lowest BCUT2D eigenvalue weighted by molar-refractivity contribution is -0.130. The van der Waals surface area contributed by atoms with E-state index in [-0.39, 0.29) is 5.91 Å². The van der Waals surface area contributed by atoms with Crippen molar-refractivity contribution < 1.29 is 9.21 Å². The van der Waals surface area contributed by atoms with Gasteiger partial charge in [0.05, 0.1) is 28.7 Å². The summed E-state index contributed by atoms with van der Waals surface area (Å²) >= 11 is 0. The van der Waals surface area contributed by atoms with Gasteiger partial charge in [-0.25, -0.2) is 14.5 Å². The van der Waals surface area contributed by atoms with Crippen molar-refractivity contribution >= 4 is 22.6 Å². The molecule has 3 heterocycles. The van der Waals surface area contributed by atoms with Gasteiger partial charge in [-0.05, 0) is 31.2 Å². The Labute approximate surface area is 213 Å². The number of aromatic nitrogens is 2. The second-order valence-electron chi connectivity index (χ2n) is 9.19. The topological polar surface area (TPSA) is 80.7 Å². The Morgan fingerprint density at radius 3 is 2.46 bits per heavy atom. The number of fused-ring (bicyclic) bond motifs is 1. The molecule has 7 heteroatoms. The Balaban J connectivity index is 1.47. The number of hydrogen-bond acceptors (Lipinski definition) is 5. The average molecular weight is 489 g/mol. The summed E-state index contributed by atoms with van der Waals surface area (Å²) < 4.78 is 7.38. The van der Waals surface area contributed by atoms with Crippen molar-refractivity contribution in [1.29, 1.82) is 0 Å². The summed E-state index contributed by atoms with van der Waals surface area (Å²) in [5, 5.41) is 11.8. The van der Waals surface area contributed by atoms with Gasteiger partial charge in [-0.1, -0.05) is 66.2 Å². The van der Waals surface area contributed by atoms with Crippen LogP contribution >= 0.6 is 0 Å². The maximum atomic E-state index is 12.9. The lowest BCUT2D eigenvalue weighted by Gasteiger charge is -2.20. The lowest BCUT2D eigenvalue weighted by Crippen LogP contribution is -2.24. The molecule has 1 aliphatic heterocycles. The van der Waals surface area contributed by atoms with Crippen LogP contribution in [0.25, 0.3) is 27.9 Å². The van der Waals surface area contributed by atoms with E-state index in [0.29, 0.717) is 23.3 Å². The molecular weight excluding hydrogens is 464 g/mol. The van der Waals surface area contributed by atoms with E-state index in [4.69, 9.17) is 9.52 Å². The number of rotatable bonds is 4. The van der Waals surface area contributed by atoms with Gasteiger partial charge in [-0.3, -0.25) is 4.79 Å². The molecule has 7 nitrogen and oxygen atoms in total. The van der Waals surface area contributed by atoms with Crippen LogP contribution < -0.4 is 5.63 Å². The molecular formula is C30H24N4O3. The van der Waals surface area contributed by atoms with Gasteiger partial charge in [0.25, 0.3) is 0 Å². The number of carbonyl (C=O) groups excluding carboxylic acids is 1. The Hall–Kier alpha value is -4.78. The fraction of sp³-hybridized carbons (Fsp3) is 0.133. The molecule has 0 fully saturated rings.